The highest BCUT2D eigenvalue weighted by molar-refractivity contribution is 6.08. The summed E-state index contributed by atoms with van der Waals surface area (Å²) in [6.45, 7) is 5.59. The summed E-state index contributed by atoms with van der Waals surface area (Å²) < 4.78 is 11.9. The maximum Gasteiger partial charge on any atom is 0.355 e. The number of hydrogen-bond acceptors (Lipinski definition) is 4. The van der Waals surface area contributed by atoms with Crippen LogP contribution in [-0.4, -0.2) is 30.2 Å². The second kappa shape index (κ2) is 7.21. The number of carbonyl (C=O) groups excluding carboxylic acids is 2. The van der Waals surface area contributed by atoms with Crippen LogP contribution in [0.2, 0.25) is 0 Å². The first-order valence-electron chi connectivity index (χ1n) is 7.69. The molecule has 0 radical (unpaired) electrons. The van der Waals surface area contributed by atoms with E-state index in [-0.39, 0.29) is 12.5 Å². The van der Waals surface area contributed by atoms with Crippen molar-refractivity contribution in [2.24, 2.45) is 7.05 Å². The van der Waals surface area contributed by atoms with Gasteiger partial charge in [0.25, 0.3) is 5.91 Å². The van der Waals surface area contributed by atoms with Gasteiger partial charge in [0.1, 0.15) is 11.4 Å². The van der Waals surface area contributed by atoms with Gasteiger partial charge in [0, 0.05) is 24.5 Å². The zero-order valence-electron chi connectivity index (χ0n) is 14.6. The Kier molecular flexibility index (Phi) is 5.28. The first-order valence-corrected chi connectivity index (χ1v) is 7.69. The third kappa shape index (κ3) is 3.27. The van der Waals surface area contributed by atoms with Gasteiger partial charge in [-0.25, -0.2) is 4.79 Å². The van der Waals surface area contributed by atoms with Crippen molar-refractivity contribution in [1.29, 1.82) is 0 Å². The molecule has 0 atom stereocenters. The van der Waals surface area contributed by atoms with Gasteiger partial charge in [-0.15, -0.1) is 0 Å². The molecule has 0 saturated carbocycles. The number of hydrogen-bond donors (Lipinski definition) is 1. The fourth-order valence-corrected chi connectivity index (χ4v) is 2.70. The number of amides is 1. The second-order valence-corrected chi connectivity index (χ2v) is 5.40. The molecule has 0 aliphatic carbocycles. The van der Waals surface area contributed by atoms with E-state index in [4.69, 9.17) is 9.47 Å². The summed E-state index contributed by atoms with van der Waals surface area (Å²) in [6.07, 6.45) is 0. The number of ether oxygens (including phenoxy) is 2. The maximum absolute atomic E-state index is 12.7. The zero-order valence-corrected chi connectivity index (χ0v) is 14.6. The number of nitrogens with zero attached hydrogens (tertiary/aromatic N) is 1. The number of rotatable bonds is 5. The molecule has 0 fully saturated rings. The lowest BCUT2D eigenvalue weighted by Crippen LogP contribution is -2.14. The van der Waals surface area contributed by atoms with Crippen LogP contribution < -0.4 is 10.1 Å². The summed E-state index contributed by atoms with van der Waals surface area (Å²) in [5, 5.41) is 2.84. The van der Waals surface area contributed by atoms with Crippen LogP contribution in [0.3, 0.4) is 0 Å². The molecule has 6 nitrogen and oxygen atoms in total. The molecule has 2 aromatic rings. The lowest BCUT2D eigenvalue weighted by atomic mass is 10.1. The Morgan fingerprint density at radius 3 is 2.58 bits per heavy atom. The molecule has 2 rings (SSSR count). The summed E-state index contributed by atoms with van der Waals surface area (Å²) >= 11 is 0. The molecule has 6 heteroatoms. The third-order valence-electron chi connectivity index (χ3n) is 3.95. The number of nitrogens with one attached hydrogen (secondary N) is 1. The van der Waals surface area contributed by atoms with Gasteiger partial charge in [-0.2, -0.15) is 0 Å². The van der Waals surface area contributed by atoms with Crippen LogP contribution in [0.1, 0.15) is 39.0 Å². The van der Waals surface area contributed by atoms with Gasteiger partial charge in [0.2, 0.25) is 0 Å². The molecule has 0 bridgehead atoms. The average Bonchev–Trinajstić information content (AvgIpc) is 2.77. The summed E-state index contributed by atoms with van der Waals surface area (Å²) in [5.41, 5.74) is 2.80. The van der Waals surface area contributed by atoms with Crippen LogP contribution in [0.15, 0.2) is 24.3 Å². The second-order valence-electron chi connectivity index (χ2n) is 5.40. The minimum atomic E-state index is -0.430. The van der Waals surface area contributed by atoms with Crippen LogP contribution in [0.5, 0.6) is 5.75 Å². The van der Waals surface area contributed by atoms with Gasteiger partial charge >= 0.3 is 5.97 Å². The van der Waals surface area contributed by atoms with E-state index in [1.807, 2.05) is 0 Å². The van der Waals surface area contributed by atoms with Crippen LogP contribution >= 0.6 is 0 Å². The number of aromatic nitrogens is 1. The van der Waals surface area contributed by atoms with Crippen molar-refractivity contribution >= 4 is 17.6 Å². The summed E-state index contributed by atoms with van der Waals surface area (Å²) in [6, 6.07) is 7.11. The Morgan fingerprint density at radius 1 is 1.25 bits per heavy atom. The standard InChI is InChI=1S/C18H22N2O4/c1-6-24-18(22)16-11(2)15(12(3)20(16)4)17(21)19-13-8-7-9-14(10-13)23-5/h7-10H,6H2,1-5H3,(H,19,21). The Balaban J connectivity index is 2.36. The summed E-state index contributed by atoms with van der Waals surface area (Å²) in [5.74, 6) is -0.0491. The van der Waals surface area contributed by atoms with Gasteiger partial charge in [0.05, 0.1) is 19.3 Å². The predicted molar refractivity (Wildman–Crippen MR) is 91.8 cm³/mol. The van der Waals surface area contributed by atoms with Crippen LogP contribution in [-0.2, 0) is 11.8 Å². The molecule has 1 N–H and O–H groups in total. The van der Waals surface area contributed by atoms with E-state index in [0.717, 1.165) is 0 Å². The fraction of sp³-hybridized carbons (Fsp3) is 0.333. The lowest BCUT2D eigenvalue weighted by Gasteiger charge is -2.08. The van der Waals surface area contributed by atoms with E-state index in [1.165, 1.54) is 0 Å². The van der Waals surface area contributed by atoms with Gasteiger partial charge in [0.15, 0.2) is 0 Å². The first-order chi connectivity index (χ1) is 11.4. The third-order valence-corrected chi connectivity index (χ3v) is 3.95. The van der Waals surface area contributed by atoms with E-state index >= 15 is 0 Å². The average molecular weight is 330 g/mol. The van der Waals surface area contributed by atoms with E-state index in [1.54, 1.807) is 63.8 Å². The highest BCUT2D eigenvalue weighted by Crippen LogP contribution is 2.24. The molecule has 0 aliphatic rings. The van der Waals surface area contributed by atoms with E-state index in [2.05, 4.69) is 5.32 Å². The summed E-state index contributed by atoms with van der Waals surface area (Å²) in [4.78, 5) is 24.8. The zero-order chi connectivity index (χ0) is 17.9. The van der Waals surface area contributed by atoms with Crippen molar-refractivity contribution in [2.75, 3.05) is 19.0 Å². The molecule has 24 heavy (non-hydrogen) atoms. The van der Waals surface area contributed by atoms with Gasteiger partial charge in [-0.1, -0.05) is 6.07 Å². The van der Waals surface area contributed by atoms with Crippen molar-refractivity contribution in [3.8, 4) is 5.75 Å². The SMILES string of the molecule is CCOC(=O)c1c(C)c(C(=O)Nc2cccc(OC)c2)c(C)n1C. The first kappa shape index (κ1) is 17.6. The minimum Gasteiger partial charge on any atom is -0.497 e. The molecule has 1 amide bonds. The predicted octanol–water partition coefficient (Wildman–Crippen LogP) is 3.08. The summed E-state index contributed by atoms with van der Waals surface area (Å²) in [7, 11) is 3.31. The van der Waals surface area contributed by atoms with Crippen molar-refractivity contribution < 1.29 is 19.1 Å². The topological polar surface area (TPSA) is 69.6 Å². The van der Waals surface area contributed by atoms with Gasteiger partial charge < -0.3 is 19.4 Å². The molecule has 0 saturated heterocycles. The number of methoxy groups -OCH3 is 1. The molecular weight excluding hydrogens is 308 g/mol. The highest BCUT2D eigenvalue weighted by atomic mass is 16.5. The number of benzene rings is 1. The Morgan fingerprint density at radius 2 is 1.96 bits per heavy atom. The van der Waals surface area contributed by atoms with Gasteiger partial charge in [-0.05, 0) is 38.5 Å². The van der Waals surface area contributed by atoms with Crippen molar-refractivity contribution in [3.63, 3.8) is 0 Å². The van der Waals surface area contributed by atoms with E-state index in [0.29, 0.717) is 34.0 Å². The Bertz CT molecular complexity index is 778. The number of anilines is 1. The maximum atomic E-state index is 12.7. The van der Waals surface area contributed by atoms with Crippen molar-refractivity contribution in [2.45, 2.75) is 20.8 Å². The molecule has 128 valence electrons. The molecule has 1 heterocycles. The lowest BCUT2D eigenvalue weighted by molar-refractivity contribution is 0.0514. The minimum absolute atomic E-state index is 0.274. The monoisotopic (exact) mass is 330 g/mol. The molecule has 1 aromatic heterocycles. The van der Waals surface area contributed by atoms with E-state index < -0.39 is 5.97 Å². The fourth-order valence-electron chi connectivity index (χ4n) is 2.70. The largest absolute Gasteiger partial charge is 0.497 e. The molecule has 0 unspecified atom stereocenters. The molecule has 1 aromatic carbocycles. The van der Waals surface area contributed by atoms with Crippen LogP contribution in [0, 0.1) is 13.8 Å². The van der Waals surface area contributed by atoms with Crippen LogP contribution in [0.25, 0.3) is 0 Å². The number of carbonyl (C=O) groups is 2. The smallest absolute Gasteiger partial charge is 0.355 e. The quantitative estimate of drug-likeness (QED) is 0.855. The molecule has 0 aliphatic heterocycles. The number of esters is 1. The van der Waals surface area contributed by atoms with Crippen LogP contribution in [0.4, 0.5) is 5.69 Å². The molecule has 0 spiro atoms. The Hall–Kier alpha value is -2.76. The highest BCUT2D eigenvalue weighted by Gasteiger charge is 2.25. The van der Waals surface area contributed by atoms with Crippen molar-refractivity contribution in [3.05, 3.63) is 46.8 Å². The van der Waals surface area contributed by atoms with Gasteiger partial charge in [-0.3, -0.25) is 4.79 Å². The molecular formula is C18H22N2O4. The normalized spacial score (nSPS) is 10.4. The van der Waals surface area contributed by atoms with Crippen molar-refractivity contribution in [1.82, 2.24) is 4.57 Å². The van der Waals surface area contributed by atoms with E-state index in [9.17, 15) is 9.59 Å². The Labute approximate surface area is 141 Å².